The van der Waals surface area contributed by atoms with E-state index in [2.05, 4.69) is 10.3 Å². The van der Waals surface area contributed by atoms with Crippen LogP contribution in [-0.2, 0) is 10.0 Å². The highest BCUT2D eigenvalue weighted by atomic mass is 35.5. The number of rotatable bonds is 4. The highest BCUT2D eigenvalue weighted by Crippen LogP contribution is 2.30. The molecule has 34 heavy (non-hydrogen) atoms. The molecule has 7 nitrogen and oxygen atoms in total. The Kier molecular flexibility index (Phi) is 6.10. The number of halogens is 1. The largest absolute Gasteiger partial charge is 0.322 e. The molecule has 0 bridgehead atoms. The third-order valence-corrected chi connectivity index (χ3v) is 8.29. The zero-order valence-corrected chi connectivity index (χ0v) is 19.9. The normalized spacial score (nSPS) is 19.9. The van der Waals surface area contributed by atoms with Gasteiger partial charge in [-0.2, -0.15) is 0 Å². The van der Waals surface area contributed by atoms with E-state index in [4.69, 9.17) is 16.6 Å². The Morgan fingerprint density at radius 3 is 2.71 bits per heavy atom. The number of allylic oxidation sites excluding steroid dienone is 3. The molecule has 0 spiro atoms. The van der Waals surface area contributed by atoms with Crippen molar-refractivity contribution in [3.63, 3.8) is 0 Å². The summed E-state index contributed by atoms with van der Waals surface area (Å²) in [5, 5.41) is 3.62. The molecule has 1 N–H and O–H groups in total. The van der Waals surface area contributed by atoms with Crippen molar-refractivity contribution in [3.8, 4) is 0 Å². The van der Waals surface area contributed by atoms with Crippen LogP contribution >= 0.6 is 11.6 Å². The molecule has 9 heteroatoms. The zero-order valence-electron chi connectivity index (χ0n) is 18.3. The van der Waals surface area contributed by atoms with Crippen LogP contribution in [0.4, 0.5) is 5.69 Å². The first-order valence-corrected chi connectivity index (χ1v) is 13.1. The molecule has 1 aliphatic carbocycles. The summed E-state index contributed by atoms with van der Waals surface area (Å²) in [7, 11) is -3.29. The predicted molar refractivity (Wildman–Crippen MR) is 134 cm³/mol. The molecule has 5 rings (SSSR count). The standard InChI is InChI=1S/C25H23ClN4O3S/c26-22-9-6-19(15-21(22)24-10-5-18-16-27-12-11-23(18)29-24)28-25(31)17-3-7-20(8-4-17)30-13-1-2-14-34(30,32)33/h3-8,10-12,15-16,22H,1-2,9,13-14H2,(H,28,31). The summed E-state index contributed by atoms with van der Waals surface area (Å²) < 4.78 is 26.1. The minimum atomic E-state index is -3.29. The first kappa shape index (κ1) is 22.6. The Balaban J connectivity index is 1.33. The van der Waals surface area contributed by atoms with E-state index in [1.807, 2.05) is 30.4 Å². The number of hydrogen-bond acceptors (Lipinski definition) is 5. The molecule has 174 valence electrons. The maximum absolute atomic E-state index is 12.9. The molecule has 0 radical (unpaired) electrons. The molecular formula is C25H23ClN4O3S. The highest BCUT2D eigenvalue weighted by Gasteiger charge is 2.26. The van der Waals surface area contributed by atoms with E-state index < -0.39 is 10.0 Å². The Hall–Kier alpha value is -3.23. The lowest BCUT2D eigenvalue weighted by Gasteiger charge is -2.28. The molecule has 1 unspecified atom stereocenters. The Morgan fingerprint density at radius 1 is 1.09 bits per heavy atom. The summed E-state index contributed by atoms with van der Waals surface area (Å²) in [4.78, 5) is 21.7. The number of aromatic nitrogens is 2. The summed E-state index contributed by atoms with van der Waals surface area (Å²) in [5.41, 5.74) is 4.09. The quantitative estimate of drug-likeness (QED) is 0.547. The lowest BCUT2D eigenvalue weighted by Crippen LogP contribution is -2.37. The van der Waals surface area contributed by atoms with Gasteiger partial charge in [0.15, 0.2) is 0 Å². The molecular weight excluding hydrogens is 472 g/mol. The van der Waals surface area contributed by atoms with Gasteiger partial charge in [0.1, 0.15) is 0 Å². The first-order chi connectivity index (χ1) is 16.4. The molecule has 1 aliphatic heterocycles. The average molecular weight is 495 g/mol. The number of benzene rings is 1. The van der Waals surface area contributed by atoms with E-state index in [1.165, 1.54) is 4.31 Å². The third kappa shape index (κ3) is 4.56. The maximum Gasteiger partial charge on any atom is 0.255 e. The number of hydrogen-bond donors (Lipinski definition) is 1. The number of carbonyl (C=O) groups is 1. The number of fused-ring (bicyclic) bond motifs is 1. The zero-order chi connectivity index (χ0) is 23.7. The second kappa shape index (κ2) is 9.19. The third-order valence-electron chi connectivity index (χ3n) is 6.00. The van der Waals surface area contributed by atoms with Crippen LogP contribution in [0.25, 0.3) is 16.5 Å². The van der Waals surface area contributed by atoms with E-state index in [1.54, 1.807) is 36.7 Å². The first-order valence-electron chi connectivity index (χ1n) is 11.1. The van der Waals surface area contributed by atoms with Crippen molar-refractivity contribution in [1.82, 2.24) is 15.3 Å². The van der Waals surface area contributed by atoms with Crippen molar-refractivity contribution in [3.05, 3.63) is 84.0 Å². The molecule has 1 atom stereocenters. The van der Waals surface area contributed by atoms with E-state index in [0.29, 0.717) is 36.3 Å². The van der Waals surface area contributed by atoms with Gasteiger partial charge in [0, 0.05) is 35.6 Å². The maximum atomic E-state index is 12.9. The molecule has 3 heterocycles. The molecule has 2 aliphatic rings. The van der Waals surface area contributed by atoms with Crippen molar-refractivity contribution in [2.24, 2.45) is 0 Å². The van der Waals surface area contributed by atoms with Gasteiger partial charge < -0.3 is 5.32 Å². The fraction of sp³-hybridized carbons (Fsp3) is 0.240. The van der Waals surface area contributed by atoms with Crippen molar-refractivity contribution in [2.75, 3.05) is 16.6 Å². The van der Waals surface area contributed by atoms with Gasteiger partial charge in [-0.05, 0) is 73.4 Å². The van der Waals surface area contributed by atoms with Crippen molar-refractivity contribution < 1.29 is 13.2 Å². The number of alkyl halides is 1. The van der Waals surface area contributed by atoms with Crippen LogP contribution in [0.15, 0.2) is 72.7 Å². The van der Waals surface area contributed by atoms with Crippen molar-refractivity contribution in [2.45, 2.75) is 24.6 Å². The van der Waals surface area contributed by atoms with Gasteiger partial charge in [0.05, 0.1) is 28.0 Å². The SMILES string of the molecule is O=C(NC1=CCC(Cl)C(c2ccc3cnccc3n2)=C1)c1ccc(N2CCCCS2(=O)=O)cc1. The lowest BCUT2D eigenvalue weighted by molar-refractivity contribution is 0.0967. The highest BCUT2D eigenvalue weighted by molar-refractivity contribution is 7.92. The van der Waals surface area contributed by atoms with Crippen LogP contribution in [-0.4, -0.2) is 42.0 Å². The van der Waals surface area contributed by atoms with E-state index in [-0.39, 0.29) is 17.0 Å². The number of nitrogens with zero attached hydrogens (tertiary/aromatic N) is 3. The number of amides is 1. The second-order valence-electron chi connectivity index (χ2n) is 8.32. The number of carbonyl (C=O) groups excluding carboxylic acids is 1. The Morgan fingerprint density at radius 2 is 1.91 bits per heavy atom. The van der Waals surface area contributed by atoms with Crippen LogP contribution in [0.3, 0.4) is 0 Å². The van der Waals surface area contributed by atoms with Gasteiger partial charge >= 0.3 is 0 Å². The fourth-order valence-electron chi connectivity index (χ4n) is 4.18. The van der Waals surface area contributed by atoms with Gasteiger partial charge in [-0.1, -0.05) is 6.08 Å². The van der Waals surface area contributed by atoms with Crippen LogP contribution in [0.5, 0.6) is 0 Å². The molecule has 3 aromatic rings. The monoisotopic (exact) mass is 494 g/mol. The lowest BCUT2D eigenvalue weighted by atomic mass is 9.98. The Bertz CT molecular complexity index is 1420. The minimum absolute atomic E-state index is 0.155. The summed E-state index contributed by atoms with van der Waals surface area (Å²) in [6.45, 7) is 0.466. The number of nitrogens with one attached hydrogen (secondary N) is 1. The smallest absolute Gasteiger partial charge is 0.255 e. The van der Waals surface area contributed by atoms with Gasteiger partial charge in [0.25, 0.3) is 5.91 Å². The predicted octanol–water partition coefficient (Wildman–Crippen LogP) is 4.27. The van der Waals surface area contributed by atoms with E-state index in [9.17, 15) is 13.2 Å². The molecule has 0 saturated carbocycles. The van der Waals surface area contributed by atoms with Crippen molar-refractivity contribution in [1.29, 1.82) is 0 Å². The van der Waals surface area contributed by atoms with Gasteiger partial charge in [-0.15, -0.1) is 11.6 Å². The summed E-state index contributed by atoms with van der Waals surface area (Å²) in [5.74, 6) is -0.122. The van der Waals surface area contributed by atoms with Crippen LogP contribution in [0.2, 0.25) is 0 Å². The van der Waals surface area contributed by atoms with Gasteiger partial charge in [0.2, 0.25) is 10.0 Å². The summed E-state index contributed by atoms with van der Waals surface area (Å²) >= 11 is 6.57. The van der Waals surface area contributed by atoms with Crippen LogP contribution < -0.4 is 9.62 Å². The average Bonchev–Trinajstić information content (AvgIpc) is 2.85. The summed E-state index contributed by atoms with van der Waals surface area (Å²) in [6.07, 6.45) is 9.27. The number of pyridine rings is 2. The molecule has 1 fully saturated rings. The molecule has 1 amide bonds. The number of anilines is 1. The van der Waals surface area contributed by atoms with Crippen LogP contribution in [0.1, 0.15) is 35.3 Å². The fourth-order valence-corrected chi connectivity index (χ4v) is 6.09. The second-order valence-corrected chi connectivity index (χ2v) is 10.9. The Labute approximate surface area is 203 Å². The molecule has 1 aromatic carbocycles. The van der Waals surface area contributed by atoms with Crippen LogP contribution in [0, 0.1) is 0 Å². The van der Waals surface area contributed by atoms with Gasteiger partial charge in [-0.3, -0.25) is 14.1 Å². The molecule has 2 aromatic heterocycles. The van der Waals surface area contributed by atoms with Crippen molar-refractivity contribution >= 4 is 49.7 Å². The van der Waals surface area contributed by atoms with E-state index in [0.717, 1.165) is 28.6 Å². The number of sulfonamides is 1. The minimum Gasteiger partial charge on any atom is -0.322 e. The van der Waals surface area contributed by atoms with E-state index >= 15 is 0 Å². The summed E-state index contributed by atoms with van der Waals surface area (Å²) in [6, 6.07) is 12.4. The van der Waals surface area contributed by atoms with Gasteiger partial charge in [-0.25, -0.2) is 13.4 Å². The molecule has 1 saturated heterocycles. The topological polar surface area (TPSA) is 92.3 Å².